The molecule has 0 bridgehead atoms. The summed E-state index contributed by atoms with van der Waals surface area (Å²) in [6.07, 6.45) is 4.60. The van der Waals surface area contributed by atoms with E-state index in [1.165, 1.54) is 18.5 Å². The maximum absolute atomic E-state index is 13.9. The molecule has 4 aromatic rings. The lowest BCUT2D eigenvalue weighted by Crippen LogP contribution is -2.08. The van der Waals surface area contributed by atoms with Crippen LogP contribution in [0.15, 0.2) is 56.1 Å². The molecule has 0 fully saturated rings. The summed E-state index contributed by atoms with van der Waals surface area (Å²) in [5.41, 5.74) is 4.57. The molecular weight excluding hydrogens is 391 g/mol. The normalized spacial score (nSPS) is 10.8. The van der Waals surface area contributed by atoms with Crippen LogP contribution < -0.4 is 5.32 Å². The number of H-pyrrole nitrogens is 1. The van der Waals surface area contributed by atoms with Gasteiger partial charge in [0, 0.05) is 16.2 Å². The molecule has 0 atom stereocenters. The molecule has 3 aromatic heterocycles. The lowest BCUT2D eigenvalue weighted by molar-refractivity contribution is 0.628. The molecule has 0 aliphatic rings. The molecule has 0 amide bonds. The maximum Gasteiger partial charge on any atom is 0.182 e. The van der Waals surface area contributed by atoms with E-state index in [9.17, 15) is 4.39 Å². The molecule has 0 unspecified atom stereocenters. The van der Waals surface area contributed by atoms with E-state index in [-0.39, 0.29) is 5.82 Å². The van der Waals surface area contributed by atoms with Gasteiger partial charge in [0.1, 0.15) is 17.7 Å². The fourth-order valence-electron chi connectivity index (χ4n) is 3.05. The molecule has 0 saturated carbocycles. The van der Waals surface area contributed by atoms with Crippen LogP contribution in [-0.2, 0) is 6.54 Å². The van der Waals surface area contributed by atoms with Crippen molar-refractivity contribution in [1.82, 2.24) is 24.9 Å². The van der Waals surface area contributed by atoms with Crippen molar-refractivity contribution in [2.45, 2.75) is 6.54 Å². The number of hydrogen-bond acceptors (Lipinski definition) is 5. The predicted molar refractivity (Wildman–Crippen MR) is 114 cm³/mol. The van der Waals surface area contributed by atoms with Gasteiger partial charge in [-0.2, -0.15) is 0 Å². The van der Waals surface area contributed by atoms with E-state index < -0.39 is 0 Å². The molecule has 6 nitrogen and oxygen atoms in total. The first kappa shape index (κ1) is 18.8. The van der Waals surface area contributed by atoms with Crippen LogP contribution in [0, 0.1) is 5.82 Å². The van der Waals surface area contributed by atoms with Gasteiger partial charge in [0.05, 0.1) is 24.3 Å². The van der Waals surface area contributed by atoms with Gasteiger partial charge in [0.15, 0.2) is 11.5 Å². The minimum absolute atomic E-state index is 0.326. The number of imidazole rings is 1. The highest BCUT2D eigenvalue weighted by Gasteiger charge is 2.15. The number of halogens is 2. The summed E-state index contributed by atoms with van der Waals surface area (Å²) in [5, 5.41) is 3.58. The smallest absolute Gasteiger partial charge is 0.182 e. The molecule has 4 rings (SSSR count). The zero-order chi connectivity index (χ0) is 20.4. The highest BCUT2D eigenvalue weighted by molar-refractivity contribution is 6.48. The average molecular weight is 407 g/mol. The number of rotatable bonds is 6. The van der Waals surface area contributed by atoms with E-state index in [1.807, 2.05) is 12.1 Å². The second kappa shape index (κ2) is 7.81. The van der Waals surface area contributed by atoms with Crippen LogP contribution in [0.5, 0.6) is 0 Å². The van der Waals surface area contributed by atoms with Crippen molar-refractivity contribution in [3.8, 4) is 11.1 Å². The number of nitrogens with zero attached hydrogens (tertiary/aromatic N) is 4. The quantitative estimate of drug-likeness (QED) is 0.470. The first-order valence-electron chi connectivity index (χ1n) is 8.72. The van der Waals surface area contributed by atoms with Gasteiger partial charge in [-0.1, -0.05) is 36.9 Å². The van der Waals surface area contributed by atoms with E-state index in [0.717, 1.165) is 5.56 Å². The molecule has 1 aromatic carbocycles. The zero-order valence-electron chi connectivity index (χ0n) is 15.3. The van der Waals surface area contributed by atoms with Gasteiger partial charge in [-0.3, -0.25) is 4.98 Å². The third-order valence-electron chi connectivity index (χ3n) is 4.40. The Labute approximate surface area is 171 Å². The van der Waals surface area contributed by atoms with Crippen LogP contribution in [0.4, 0.5) is 10.2 Å². The minimum Gasteiger partial charge on any atom is -0.362 e. The Morgan fingerprint density at radius 3 is 2.86 bits per heavy atom. The van der Waals surface area contributed by atoms with E-state index in [1.54, 1.807) is 18.5 Å². The molecule has 0 aliphatic heterocycles. The third-order valence-corrected chi connectivity index (χ3v) is 4.60. The summed E-state index contributed by atoms with van der Waals surface area (Å²) in [5.74, 6) is 0.251. The topological polar surface area (TPSA) is 79.4 Å². The van der Waals surface area contributed by atoms with Crippen LogP contribution >= 0.6 is 11.6 Å². The van der Waals surface area contributed by atoms with E-state index in [0.29, 0.717) is 51.1 Å². The molecule has 0 saturated heterocycles. The Kier molecular flexibility index (Phi) is 5.05. The number of anilines is 1. The monoisotopic (exact) mass is 406 g/mol. The van der Waals surface area contributed by atoms with Crippen molar-refractivity contribution < 1.29 is 4.39 Å². The summed E-state index contributed by atoms with van der Waals surface area (Å²) in [6, 6.07) is 8.15. The van der Waals surface area contributed by atoms with Crippen LogP contribution in [-0.4, -0.2) is 24.9 Å². The highest BCUT2D eigenvalue weighted by atomic mass is 35.5. The van der Waals surface area contributed by atoms with E-state index in [4.69, 9.17) is 11.6 Å². The van der Waals surface area contributed by atoms with Gasteiger partial charge in [-0.15, -0.1) is 0 Å². The number of fused-ring (bicyclic) bond motifs is 1. The predicted octanol–water partition coefficient (Wildman–Crippen LogP) is 5.02. The third kappa shape index (κ3) is 3.72. The van der Waals surface area contributed by atoms with Crippen molar-refractivity contribution in [2.24, 2.45) is 0 Å². The summed E-state index contributed by atoms with van der Waals surface area (Å²) in [6.45, 7) is 7.93. The molecule has 29 heavy (non-hydrogen) atoms. The fourth-order valence-corrected chi connectivity index (χ4v) is 3.20. The lowest BCUT2D eigenvalue weighted by Gasteiger charge is -2.15. The molecule has 8 heteroatoms. The van der Waals surface area contributed by atoms with Crippen molar-refractivity contribution >= 4 is 39.7 Å². The fraction of sp³-hybridized carbons (Fsp3) is 0.0476. The number of aromatic amines is 1. The largest absolute Gasteiger partial charge is 0.362 e. The van der Waals surface area contributed by atoms with Crippen LogP contribution in [0.1, 0.15) is 17.0 Å². The number of hydrogen-bond donors (Lipinski definition) is 2. The van der Waals surface area contributed by atoms with E-state index >= 15 is 0 Å². The van der Waals surface area contributed by atoms with Crippen LogP contribution in [0.3, 0.4) is 0 Å². The number of nitrogens with one attached hydrogen (secondary N) is 2. The molecule has 0 aliphatic carbocycles. The van der Waals surface area contributed by atoms with E-state index in [2.05, 4.69) is 43.4 Å². The van der Waals surface area contributed by atoms with Crippen LogP contribution in [0.25, 0.3) is 33.4 Å². The molecule has 0 radical (unpaired) electrons. The lowest BCUT2D eigenvalue weighted by atomic mass is 9.99. The van der Waals surface area contributed by atoms with Gasteiger partial charge in [0.2, 0.25) is 0 Å². The Bertz CT molecular complexity index is 1230. The second-order valence-corrected chi connectivity index (χ2v) is 6.67. The summed E-state index contributed by atoms with van der Waals surface area (Å²) in [4.78, 5) is 20.2. The summed E-state index contributed by atoms with van der Waals surface area (Å²) in [7, 11) is 0. The molecule has 144 valence electrons. The van der Waals surface area contributed by atoms with Gasteiger partial charge in [0.25, 0.3) is 0 Å². The van der Waals surface area contributed by atoms with Crippen molar-refractivity contribution in [2.75, 3.05) is 5.32 Å². The molecule has 3 heterocycles. The minimum atomic E-state index is -0.338. The molecule has 2 N–H and O–H groups in total. The molecular formula is C21H16ClFN6. The second-order valence-electron chi connectivity index (χ2n) is 6.21. The van der Waals surface area contributed by atoms with Gasteiger partial charge >= 0.3 is 0 Å². The maximum atomic E-state index is 13.9. The Morgan fingerprint density at radius 2 is 2.10 bits per heavy atom. The number of benzene rings is 1. The van der Waals surface area contributed by atoms with Crippen molar-refractivity contribution in [3.05, 3.63) is 78.9 Å². The summed E-state index contributed by atoms with van der Waals surface area (Å²) >= 11 is 6.16. The van der Waals surface area contributed by atoms with Crippen molar-refractivity contribution in [1.29, 1.82) is 0 Å². The van der Waals surface area contributed by atoms with Crippen molar-refractivity contribution in [3.63, 3.8) is 0 Å². The molecule has 0 spiro atoms. The first-order valence-corrected chi connectivity index (χ1v) is 9.09. The summed E-state index contributed by atoms with van der Waals surface area (Å²) < 4.78 is 13.9. The average Bonchev–Trinajstić information content (AvgIpc) is 3.21. The standard InChI is InChI=1S/C21H16ClFN6/c1-3-17-15(12(2)22)8-16(13-5-4-6-14(23)7-13)18(29-17)9-24-20-19-21(26-10-25-19)28-11-27-20/h3-8,10-11H,1-2,9H2,(H2,24,25,26,27,28). The van der Waals surface area contributed by atoms with Crippen LogP contribution in [0.2, 0.25) is 0 Å². The number of pyridine rings is 1. The SMILES string of the molecule is C=Cc1nc(CNc2ncnc3nc[nH]c23)c(-c2cccc(F)c2)cc1C(=C)Cl. The zero-order valence-corrected chi connectivity index (χ0v) is 16.0. The van der Waals surface area contributed by atoms with Gasteiger partial charge < -0.3 is 10.3 Å². The van der Waals surface area contributed by atoms with Gasteiger partial charge in [-0.05, 0) is 29.8 Å². The number of aromatic nitrogens is 5. The Hall–Kier alpha value is -3.58. The Morgan fingerprint density at radius 1 is 1.24 bits per heavy atom. The highest BCUT2D eigenvalue weighted by Crippen LogP contribution is 2.31. The Balaban J connectivity index is 1.79. The van der Waals surface area contributed by atoms with Gasteiger partial charge in [-0.25, -0.2) is 19.3 Å². The first-order chi connectivity index (χ1) is 14.1.